The van der Waals surface area contributed by atoms with E-state index in [1.54, 1.807) is 6.07 Å². The van der Waals surface area contributed by atoms with Crippen molar-refractivity contribution in [2.24, 2.45) is 0 Å². The van der Waals surface area contributed by atoms with Crippen LogP contribution in [0.5, 0.6) is 0 Å². The van der Waals surface area contributed by atoms with Crippen molar-refractivity contribution in [3.05, 3.63) is 89.5 Å². The Morgan fingerprint density at radius 3 is 2.23 bits per heavy atom. The van der Waals surface area contributed by atoms with Crippen molar-refractivity contribution in [1.82, 2.24) is 5.32 Å². The lowest BCUT2D eigenvalue weighted by Gasteiger charge is -2.19. The van der Waals surface area contributed by atoms with Crippen LogP contribution < -0.4 is 10.6 Å². The molecule has 3 aromatic rings. The Morgan fingerprint density at radius 1 is 0.943 bits per heavy atom. The van der Waals surface area contributed by atoms with Gasteiger partial charge in [-0.25, -0.2) is 9.59 Å². The first-order chi connectivity index (χ1) is 17.0. The van der Waals surface area contributed by atoms with Gasteiger partial charge in [0.1, 0.15) is 12.6 Å². The zero-order valence-electron chi connectivity index (χ0n) is 19.2. The van der Waals surface area contributed by atoms with Crippen molar-refractivity contribution in [3.8, 4) is 11.1 Å². The van der Waals surface area contributed by atoms with Gasteiger partial charge in [0.15, 0.2) is 0 Å². The average Bonchev–Trinajstić information content (AvgIpc) is 3.19. The maximum atomic E-state index is 12.8. The number of carboxylic acids is 1. The fourth-order valence-electron chi connectivity index (χ4n) is 4.25. The summed E-state index contributed by atoms with van der Waals surface area (Å²) in [5, 5.41) is 14.4. The maximum absolute atomic E-state index is 12.8. The summed E-state index contributed by atoms with van der Waals surface area (Å²) in [5.41, 5.74) is 4.78. The molecule has 0 heterocycles. The van der Waals surface area contributed by atoms with Gasteiger partial charge >= 0.3 is 12.1 Å². The predicted octanol–water partition coefficient (Wildman–Crippen LogP) is 4.27. The summed E-state index contributed by atoms with van der Waals surface area (Å²) in [6.45, 7) is 0.357. The zero-order chi connectivity index (χ0) is 24.8. The number of hydrogen-bond donors (Lipinski definition) is 3. The van der Waals surface area contributed by atoms with Crippen LogP contribution in [-0.4, -0.2) is 49.4 Å². The smallest absolute Gasteiger partial charge is 0.407 e. The number of ether oxygens (including phenoxy) is 2. The zero-order valence-corrected chi connectivity index (χ0v) is 19.2. The maximum Gasteiger partial charge on any atom is 0.407 e. The average molecular weight is 475 g/mol. The van der Waals surface area contributed by atoms with E-state index in [0.717, 1.165) is 22.3 Å². The molecular weight excluding hydrogens is 448 g/mol. The van der Waals surface area contributed by atoms with Crippen LogP contribution in [0, 0.1) is 0 Å². The van der Waals surface area contributed by atoms with E-state index in [2.05, 4.69) is 22.8 Å². The number of benzene rings is 3. The molecule has 1 atom stereocenters. The number of hydrogen-bond acceptors (Lipinski definition) is 5. The summed E-state index contributed by atoms with van der Waals surface area (Å²) in [7, 11) is 1.50. The van der Waals surface area contributed by atoms with Crippen molar-refractivity contribution >= 4 is 23.7 Å². The second-order valence-corrected chi connectivity index (χ2v) is 8.18. The van der Waals surface area contributed by atoms with Crippen molar-refractivity contribution in [2.75, 3.05) is 25.6 Å². The van der Waals surface area contributed by atoms with Crippen LogP contribution in [0.15, 0.2) is 72.8 Å². The Bertz CT molecular complexity index is 1200. The molecule has 1 aliphatic carbocycles. The molecule has 0 fully saturated rings. The van der Waals surface area contributed by atoms with Gasteiger partial charge < -0.3 is 25.2 Å². The quantitative estimate of drug-likeness (QED) is 0.427. The molecule has 35 heavy (non-hydrogen) atoms. The van der Waals surface area contributed by atoms with Crippen molar-refractivity contribution in [2.45, 2.75) is 18.4 Å². The molecule has 0 saturated carbocycles. The Kier molecular flexibility index (Phi) is 7.42. The third kappa shape index (κ3) is 5.50. The Hall–Kier alpha value is -4.17. The molecule has 1 unspecified atom stereocenters. The third-order valence-corrected chi connectivity index (χ3v) is 5.94. The fourth-order valence-corrected chi connectivity index (χ4v) is 4.25. The first-order valence-electron chi connectivity index (χ1n) is 11.2. The number of carboxylic acid groups (broad SMARTS) is 1. The lowest BCUT2D eigenvalue weighted by molar-refractivity contribution is -0.118. The highest BCUT2D eigenvalue weighted by Gasteiger charge is 2.29. The monoisotopic (exact) mass is 474 g/mol. The summed E-state index contributed by atoms with van der Waals surface area (Å²) >= 11 is 0. The van der Waals surface area contributed by atoms with Crippen LogP contribution in [-0.2, 0) is 14.3 Å². The molecule has 0 aliphatic heterocycles. The van der Waals surface area contributed by atoms with Gasteiger partial charge in [-0.3, -0.25) is 4.79 Å². The predicted molar refractivity (Wildman–Crippen MR) is 131 cm³/mol. The van der Waals surface area contributed by atoms with Crippen LogP contribution in [0.1, 0.15) is 33.8 Å². The SMILES string of the molecule is COCCC(NC(=O)OCC1c2ccccc2-c2ccccc21)C(=O)Nc1cccc(C(=O)O)c1. The van der Waals surface area contributed by atoms with E-state index < -0.39 is 24.0 Å². The summed E-state index contributed by atoms with van der Waals surface area (Å²) in [6, 6.07) is 21.0. The topological polar surface area (TPSA) is 114 Å². The van der Waals surface area contributed by atoms with Gasteiger partial charge in [-0.15, -0.1) is 0 Å². The minimum Gasteiger partial charge on any atom is -0.478 e. The second-order valence-electron chi connectivity index (χ2n) is 8.18. The molecule has 0 spiro atoms. The van der Waals surface area contributed by atoms with E-state index in [4.69, 9.17) is 14.6 Å². The first kappa shape index (κ1) is 24.0. The van der Waals surface area contributed by atoms with Gasteiger partial charge in [-0.1, -0.05) is 54.6 Å². The first-order valence-corrected chi connectivity index (χ1v) is 11.2. The van der Waals surface area contributed by atoms with Crippen molar-refractivity contribution in [3.63, 3.8) is 0 Å². The number of aromatic carboxylic acids is 1. The van der Waals surface area contributed by atoms with E-state index in [-0.39, 0.29) is 31.1 Å². The van der Waals surface area contributed by atoms with E-state index in [9.17, 15) is 14.4 Å². The largest absolute Gasteiger partial charge is 0.478 e. The molecule has 3 aromatic carbocycles. The van der Waals surface area contributed by atoms with Crippen molar-refractivity contribution in [1.29, 1.82) is 0 Å². The summed E-state index contributed by atoms with van der Waals surface area (Å²) in [4.78, 5) is 36.7. The number of nitrogens with one attached hydrogen (secondary N) is 2. The molecule has 0 aromatic heterocycles. The van der Waals surface area contributed by atoms with Gasteiger partial charge in [0.05, 0.1) is 5.56 Å². The number of amides is 2. The highest BCUT2D eigenvalue weighted by atomic mass is 16.5. The minimum absolute atomic E-state index is 0.0423. The number of fused-ring (bicyclic) bond motifs is 3. The van der Waals surface area contributed by atoms with Crippen LogP contribution in [0.25, 0.3) is 11.1 Å². The van der Waals surface area contributed by atoms with E-state index >= 15 is 0 Å². The number of rotatable bonds is 9. The molecule has 2 amide bonds. The van der Waals surface area contributed by atoms with Gasteiger partial charge in [-0.2, -0.15) is 0 Å². The number of methoxy groups -OCH3 is 1. The summed E-state index contributed by atoms with van der Waals surface area (Å²) in [5.74, 6) is -1.70. The summed E-state index contributed by atoms with van der Waals surface area (Å²) < 4.78 is 10.6. The molecule has 3 N–H and O–H groups in total. The molecule has 0 radical (unpaired) electrons. The third-order valence-electron chi connectivity index (χ3n) is 5.94. The van der Waals surface area contributed by atoms with Crippen LogP contribution >= 0.6 is 0 Å². The van der Waals surface area contributed by atoms with Gasteiger partial charge in [-0.05, 0) is 40.5 Å². The molecule has 1 aliphatic rings. The normalized spacial score (nSPS) is 12.8. The lowest BCUT2D eigenvalue weighted by Crippen LogP contribution is -2.45. The van der Waals surface area contributed by atoms with Gasteiger partial charge in [0, 0.05) is 31.7 Å². The van der Waals surface area contributed by atoms with Crippen LogP contribution in [0.2, 0.25) is 0 Å². The highest BCUT2D eigenvalue weighted by Crippen LogP contribution is 2.44. The molecule has 0 saturated heterocycles. The summed E-state index contributed by atoms with van der Waals surface area (Å²) in [6.07, 6.45) is -0.507. The van der Waals surface area contributed by atoms with E-state index in [1.165, 1.54) is 25.3 Å². The lowest BCUT2D eigenvalue weighted by atomic mass is 9.98. The number of carbonyl (C=O) groups is 3. The van der Waals surface area contributed by atoms with E-state index in [1.807, 2.05) is 36.4 Å². The molecule has 8 heteroatoms. The highest BCUT2D eigenvalue weighted by molar-refractivity contribution is 5.98. The van der Waals surface area contributed by atoms with Crippen LogP contribution in [0.4, 0.5) is 10.5 Å². The van der Waals surface area contributed by atoms with Crippen LogP contribution in [0.3, 0.4) is 0 Å². The number of carbonyl (C=O) groups excluding carboxylic acids is 2. The molecule has 4 rings (SSSR count). The number of anilines is 1. The standard InChI is InChI=1S/C27H26N2O6/c1-34-14-13-24(25(30)28-18-8-6-7-17(15-18)26(31)32)29-27(33)35-16-23-21-11-4-2-9-19(21)20-10-3-5-12-22(20)23/h2-12,15,23-24H,13-14,16H2,1H3,(H,28,30)(H,29,33)(H,31,32). The fraction of sp³-hybridized carbons (Fsp3) is 0.222. The molecule has 8 nitrogen and oxygen atoms in total. The Morgan fingerprint density at radius 2 is 1.60 bits per heavy atom. The van der Waals surface area contributed by atoms with E-state index in [0.29, 0.717) is 5.69 Å². The van der Waals surface area contributed by atoms with Gasteiger partial charge in [0.2, 0.25) is 5.91 Å². The Balaban J connectivity index is 1.41. The van der Waals surface area contributed by atoms with Crippen molar-refractivity contribution < 1.29 is 29.0 Å². The minimum atomic E-state index is -1.10. The Labute approximate surface area is 202 Å². The number of alkyl carbamates (subject to hydrolysis) is 1. The van der Waals surface area contributed by atoms with Gasteiger partial charge in [0.25, 0.3) is 0 Å². The molecule has 0 bridgehead atoms. The molecular formula is C27H26N2O6. The second kappa shape index (κ2) is 10.8. The molecule has 180 valence electrons.